The van der Waals surface area contributed by atoms with Crippen molar-refractivity contribution in [1.29, 1.82) is 0 Å². The second kappa shape index (κ2) is 5.70. The Bertz CT molecular complexity index is 382. The summed E-state index contributed by atoms with van der Waals surface area (Å²) in [4.78, 5) is 11.8. The van der Waals surface area contributed by atoms with Crippen LogP contribution in [-0.4, -0.2) is 19.7 Å². The molecule has 0 saturated heterocycles. The molecule has 0 fully saturated rings. The van der Waals surface area contributed by atoms with Crippen molar-refractivity contribution in [3.05, 3.63) is 11.1 Å². The highest BCUT2D eigenvalue weighted by Crippen LogP contribution is 2.44. The first kappa shape index (κ1) is 16.9. The summed E-state index contributed by atoms with van der Waals surface area (Å²) in [5, 5.41) is 0.493. The highest BCUT2D eigenvalue weighted by atomic mass is 35.5. The summed E-state index contributed by atoms with van der Waals surface area (Å²) in [6.45, 7) is 13.3. The SMILES string of the molecule is CCCCC1(O[Si](C)(C)C(C)(C)C)C=C(Cl)C(=O)C1. The zero-order valence-corrected chi connectivity index (χ0v) is 14.9. The van der Waals surface area contributed by atoms with Gasteiger partial charge < -0.3 is 4.43 Å². The van der Waals surface area contributed by atoms with E-state index in [4.69, 9.17) is 16.0 Å². The quantitative estimate of drug-likeness (QED) is 0.666. The number of rotatable bonds is 5. The number of carbonyl (C=O) groups is 1. The third-order valence-corrected chi connectivity index (χ3v) is 9.18. The van der Waals surface area contributed by atoms with Gasteiger partial charge in [0.05, 0.1) is 10.6 Å². The Morgan fingerprint density at radius 3 is 2.37 bits per heavy atom. The summed E-state index contributed by atoms with van der Waals surface area (Å²) in [6, 6.07) is 0. The van der Waals surface area contributed by atoms with E-state index in [9.17, 15) is 4.79 Å². The van der Waals surface area contributed by atoms with Crippen LogP contribution in [0.4, 0.5) is 0 Å². The van der Waals surface area contributed by atoms with E-state index in [1.165, 1.54) is 0 Å². The van der Waals surface area contributed by atoms with Crippen molar-refractivity contribution in [2.24, 2.45) is 0 Å². The van der Waals surface area contributed by atoms with Crippen LogP contribution in [0.1, 0.15) is 53.4 Å². The average molecular weight is 303 g/mol. The molecule has 0 bridgehead atoms. The molecular formula is C15H27ClO2Si. The van der Waals surface area contributed by atoms with Crippen LogP contribution in [0.15, 0.2) is 11.1 Å². The van der Waals surface area contributed by atoms with Crippen molar-refractivity contribution >= 4 is 25.7 Å². The second-order valence-corrected chi connectivity index (χ2v) is 12.3. The molecule has 1 atom stereocenters. The lowest BCUT2D eigenvalue weighted by molar-refractivity contribution is -0.116. The van der Waals surface area contributed by atoms with Crippen LogP contribution in [0.25, 0.3) is 0 Å². The van der Waals surface area contributed by atoms with Crippen molar-refractivity contribution < 1.29 is 9.22 Å². The molecule has 0 spiro atoms. The molecule has 110 valence electrons. The van der Waals surface area contributed by atoms with Gasteiger partial charge in [0.2, 0.25) is 0 Å². The lowest BCUT2D eigenvalue weighted by Crippen LogP contribution is -2.48. The number of Topliss-reactive ketones (excluding diaryl/α,β-unsaturated/α-hetero) is 1. The Kier molecular flexibility index (Phi) is 5.08. The molecular weight excluding hydrogens is 276 g/mol. The number of carbonyl (C=O) groups excluding carboxylic acids is 1. The molecule has 0 heterocycles. The highest BCUT2D eigenvalue weighted by Gasteiger charge is 2.47. The van der Waals surface area contributed by atoms with E-state index in [1.54, 1.807) is 0 Å². The zero-order valence-electron chi connectivity index (χ0n) is 13.1. The molecule has 0 aromatic heterocycles. The standard InChI is InChI=1S/C15H27ClO2Si/c1-7-8-9-15(10-12(16)13(17)11-15)18-19(5,6)14(2,3)4/h10H,7-9,11H2,1-6H3. The Morgan fingerprint density at radius 1 is 1.42 bits per heavy atom. The predicted molar refractivity (Wildman–Crippen MR) is 84.1 cm³/mol. The molecule has 0 aliphatic heterocycles. The Hall–Kier alpha value is -0.123. The smallest absolute Gasteiger partial charge is 0.193 e. The monoisotopic (exact) mass is 302 g/mol. The largest absolute Gasteiger partial charge is 0.407 e. The summed E-state index contributed by atoms with van der Waals surface area (Å²) >= 11 is 6.02. The molecule has 4 heteroatoms. The van der Waals surface area contributed by atoms with Gasteiger partial charge in [0.25, 0.3) is 0 Å². The fraction of sp³-hybridized carbons (Fsp3) is 0.800. The van der Waals surface area contributed by atoms with Gasteiger partial charge in [-0.05, 0) is 30.6 Å². The van der Waals surface area contributed by atoms with E-state index >= 15 is 0 Å². The number of hydrogen-bond acceptors (Lipinski definition) is 2. The molecule has 0 N–H and O–H groups in total. The van der Waals surface area contributed by atoms with E-state index in [0.29, 0.717) is 11.5 Å². The molecule has 1 unspecified atom stereocenters. The van der Waals surface area contributed by atoms with Gasteiger partial charge in [-0.15, -0.1) is 0 Å². The van der Waals surface area contributed by atoms with Gasteiger partial charge in [0.15, 0.2) is 14.1 Å². The third-order valence-electron chi connectivity index (χ3n) is 4.33. The van der Waals surface area contributed by atoms with E-state index in [1.807, 2.05) is 6.08 Å². The van der Waals surface area contributed by atoms with Crippen LogP contribution in [0.5, 0.6) is 0 Å². The van der Waals surface area contributed by atoms with E-state index in [2.05, 4.69) is 40.8 Å². The molecule has 1 aliphatic rings. The summed E-state index contributed by atoms with van der Waals surface area (Å²) in [5.41, 5.74) is -0.451. The minimum atomic E-state index is -1.91. The van der Waals surface area contributed by atoms with Gasteiger partial charge in [-0.3, -0.25) is 4.79 Å². The van der Waals surface area contributed by atoms with E-state index in [-0.39, 0.29) is 10.8 Å². The minimum Gasteiger partial charge on any atom is -0.407 e. The van der Waals surface area contributed by atoms with Crippen molar-refractivity contribution in [2.75, 3.05) is 0 Å². The first-order valence-corrected chi connectivity index (χ1v) is 10.4. The Labute approximate surface area is 123 Å². The Balaban J connectivity index is 2.98. The lowest BCUT2D eigenvalue weighted by atomic mass is 9.96. The molecule has 0 radical (unpaired) electrons. The number of allylic oxidation sites excluding steroid dienone is 1. The zero-order chi connectivity index (χ0) is 14.9. The van der Waals surface area contributed by atoms with Gasteiger partial charge in [0.1, 0.15) is 0 Å². The predicted octanol–water partition coefficient (Wildman–Crippen LogP) is 5.03. The van der Waals surface area contributed by atoms with E-state index in [0.717, 1.165) is 19.3 Å². The molecule has 2 nitrogen and oxygen atoms in total. The first-order valence-electron chi connectivity index (χ1n) is 7.15. The topological polar surface area (TPSA) is 26.3 Å². The van der Waals surface area contributed by atoms with Crippen molar-refractivity contribution in [1.82, 2.24) is 0 Å². The van der Waals surface area contributed by atoms with Crippen LogP contribution in [0.3, 0.4) is 0 Å². The normalized spacial score (nSPS) is 24.8. The third kappa shape index (κ3) is 3.93. The molecule has 0 saturated carbocycles. The van der Waals surface area contributed by atoms with Gasteiger partial charge in [-0.25, -0.2) is 0 Å². The van der Waals surface area contributed by atoms with Crippen LogP contribution in [-0.2, 0) is 9.22 Å². The molecule has 0 aromatic rings. The highest BCUT2D eigenvalue weighted by molar-refractivity contribution is 6.74. The summed E-state index contributed by atoms with van der Waals surface area (Å²) in [6.07, 6.45) is 5.33. The molecule has 1 rings (SSSR count). The molecule has 19 heavy (non-hydrogen) atoms. The van der Waals surface area contributed by atoms with Crippen molar-refractivity contribution in [3.63, 3.8) is 0 Å². The first-order chi connectivity index (χ1) is 8.53. The fourth-order valence-corrected chi connectivity index (χ4v) is 3.95. The maximum Gasteiger partial charge on any atom is 0.193 e. The fourth-order valence-electron chi connectivity index (χ4n) is 2.13. The second-order valence-electron chi connectivity index (χ2n) is 7.12. The van der Waals surface area contributed by atoms with Gasteiger partial charge in [-0.1, -0.05) is 52.1 Å². The van der Waals surface area contributed by atoms with Gasteiger partial charge >= 0.3 is 0 Å². The maximum absolute atomic E-state index is 11.8. The lowest BCUT2D eigenvalue weighted by Gasteiger charge is -2.43. The number of halogens is 1. The van der Waals surface area contributed by atoms with E-state index < -0.39 is 13.9 Å². The van der Waals surface area contributed by atoms with Crippen molar-refractivity contribution in [3.8, 4) is 0 Å². The Morgan fingerprint density at radius 2 is 2.00 bits per heavy atom. The average Bonchev–Trinajstić information content (AvgIpc) is 2.49. The van der Waals surface area contributed by atoms with Gasteiger partial charge in [0, 0.05) is 6.42 Å². The number of ketones is 1. The van der Waals surface area contributed by atoms with Crippen LogP contribution >= 0.6 is 11.6 Å². The minimum absolute atomic E-state index is 0.0245. The van der Waals surface area contributed by atoms with Crippen LogP contribution in [0.2, 0.25) is 18.1 Å². The summed E-state index contributed by atoms with van der Waals surface area (Å²) < 4.78 is 6.55. The van der Waals surface area contributed by atoms with Crippen LogP contribution in [0, 0.1) is 0 Å². The number of hydrogen-bond donors (Lipinski definition) is 0. The van der Waals surface area contributed by atoms with Gasteiger partial charge in [-0.2, -0.15) is 0 Å². The summed E-state index contributed by atoms with van der Waals surface area (Å²) in [5.74, 6) is 0.0245. The molecule has 0 amide bonds. The molecule has 0 aromatic carbocycles. The maximum atomic E-state index is 11.8. The number of unbranched alkanes of at least 4 members (excludes halogenated alkanes) is 1. The molecule has 1 aliphatic carbocycles. The van der Waals surface area contributed by atoms with Crippen molar-refractivity contribution in [2.45, 2.75) is 77.1 Å². The summed E-state index contributed by atoms with van der Waals surface area (Å²) in [7, 11) is -1.91. The van der Waals surface area contributed by atoms with Crippen LogP contribution < -0.4 is 0 Å².